The lowest BCUT2D eigenvalue weighted by atomic mass is 10.1. The predicted molar refractivity (Wildman–Crippen MR) is 71.2 cm³/mol. The molecule has 2 rings (SSSR count). The zero-order valence-electron chi connectivity index (χ0n) is 9.68. The van der Waals surface area contributed by atoms with Crippen LogP contribution in [0, 0.1) is 0 Å². The molecule has 0 unspecified atom stereocenters. The Kier molecular flexibility index (Phi) is 3.15. The summed E-state index contributed by atoms with van der Waals surface area (Å²) in [5, 5.41) is 0.698. The third-order valence-electron chi connectivity index (χ3n) is 2.27. The van der Waals surface area contributed by atoms with Crippen LogP contribution >= 0.6 is 11.6 Å². The van der Waals surface area contributed by atoms with Crippen molar-refractivity contribution in [2.45, 2.75) is 0 Å². The van der Waals surface area contributed by atoms with Crippen LogP contribution in [0.15, 0.2) is 30.3 Å². The molecule has 0 bridgehead atoms. The average molecular weight is 249 g/mol. The highest BCUT2D eigenvalue weighted by atomic mass is 35.5. The van der Waals surface area contributed by atoms with Crippen LogP contribution in [0.3, 0.4) is 0 Å². The fraction of sp³-hybridized carbons (Fsp3) is 0.167. The molecule has 2 N–H and O–H groups in total. The Morgan fingerprint density at radius 2 is 1.76 bits per heavy atom. The normalized spacial score (nSPS) is 10.3. The van der Waals surface area contributed by atoms with E-state index in [4.69, 9.17) is 17.3 Å². The van der Waals surface area contributed by atoms with E-state index in [9.17, 15) is 0 Å². The van der Waals surface area contributed by atoms with Gasteiger partial charge in [0.15, 0.2) is 0 Å². The van der Waals surface area contributed by atoms with Crippen molar-refractivity contribution in [1.29, 1.82) is 0 Å². The summed E-state index contributed by atoms with van der Waals surface area (Å²) in [5.74, 6) is 1.05. The van der Waals surface area contributed by atoms with Gasteiger partial charge < -0.3 is 10.6 Å². The maximum atomic E-state index is 5.85. The molecule has 0 amide bonds. The molecule has 88 valence electrons. The van der Waals surface area contributed by atoms with Crippen molar-refractivity contribution in [2.75, 3.05) is 24.7 Å². The lowest BCUT2D eigenvalue weighted by molar-refractivity contribution is 1.01. The van der Waals surface area contributed by atoms with Crippen molar-refractivity contribution in [1.82, 2.24) is 9.97 Å². The number of hydrogen-bond donors (Lipinski definition) is 1. The zero-order chi connectivity index (χ0) is 12.4. The third-order valence-corrected chi connectivity index (χ3v) is 2.53. The molecule has 0 atom stereocenters. The van der Waals surface area contributed by atoms with Gasteiger partial charge in [-0.25, -0.2) is 4.98 Å². The van der Waals surface area contributed by atoms with Crippen LogP contribution in [-0.4, -0.2) is 24.1 Å². The molecule has 0 aliphatic heterocycles. The molecule has 5 heteroatoms. The van der Waals surface area contributed by atoms with Gasteiger partial charge in [0, 0.05) is 30.7 Å². The van der Waals surface area contributed by atoms with Gasteiger partial charge in [-0.3, -0.25) is 0 Å². The van der Waals surface area contributed by atoms with Crippen molar-refractivity contribution >= 4 is 23.4 Å². The summed E-state index contributed by atoms with van der Waals surface area (Å²) in [4.78, 5) is 10.4. The fourth-order valence-corrected chi connectivity index (χ4v) is 1.55. The maximum Gasteiger partial charge on any atom is 0.227 e. The second kappa shape index (κ2) is 4.59. The molecule has 0 saturated carbocycles. The van der Waals surface area contributed by atoms with Crippen LogP contribution < -0.4 is 10.6 Å². The average Bonchev–Trinajstić information content (AvgIpc) is 2.29. The minimum atomic E-state index is 0.452. The van der Waals surface area contributed by atoms with Gasteiger partial charge in [0.2, 0.25) is 5.95 Å². The third kappa shape index (κ3) is 2.65. The Bertz CT molecular complexity index is 523. The first kappa shape index (κ1) is 11.7. The smallest absolute Gasteiger partial charge is 0.227 e. The Morgan fingerprint density at radius 1 is 1.12 bits per heavy atom. The number of halogens is 1. The highest BCUT2D eigenvalue weighted by molar-refractivity contribution is 6.30. The maximum absolute atomic E-state index is 5.85. The van der Waals surface area contributed by atoms with Crippen molar-refractivity contribution in [3.05, 3.63) is 35.4 Å². The molecule has 0 aliphatic carbocycles. The molecule has 2 aromatic rings. The van der Waals surface area contributed by atoms with E-state index in [0.717, 1.165) is 11.3 Å². The molecule has 1 aromatic heterocycles. The van der Waals surface area contributed by atoms with Crippen molar-refractivity contribution < 1.29 is 0 Å². The molecule has 0 spiro atoms. The van der Waals surface area contributed by atoms with E-state index >= 15 is 0 Å². The van der Waals surface area contributed by atoms with Gasteiger partial charge in [0.05, 0.1) is 5.69 Å². The molecule has 0 aliphatic rings. The molecule has 0 saturated heterocycles. The van der Waals surface area contributed by atoms with E-state index < -0.39 is 0 Å². The number of rotatable bonds is 2. The standard InChI is InChI=1S/C12H13ClN4/c1-17(2)12-15-10(7-11(14)16-12)8-3-5-9(13)6-4-8/h3-7H,1-2H3,(H2,14,15,16). The molecular weight excluding hydrogens is 236 g/mol. The van der Waals surface area contributed by atoms with E-state index in [0.29, 0.717) is 16.8 Å². The van der Waals surface area contributed by atoms with Crippen LogP contribution in [0.2, 0.25) is 5.02 Å². The van der Waals surface area contributed by atoms with Gasteiger partial charge in [-0.15, -0.1) is 0 Å². The summed E-state index contributed by atoms with van der Waals surface area (Å²) in [6, 6.07) is 9.21. The molecule has 1 heterocycles. The SMILES string of the molecule is CN(C)c1nc(N)cc(-c2ccc(Cl)cc2)n1. The quantitative estimate of drug-likeness (QED) is 0.887. The number of anilines is 2. The number of nitrogens with zero attached hydrogens (tertiary/aromatic N) is 3. The van der Waals surface area contributed by atoms with Gasteiger partial charge in [-0.1, -0.05) is 23.7 Å². The summed E-state index contributed by atoms with van der Waals surface area (Å²) >= 11 is 5.85. The highest BCUT2D eigenvalue weighted by Crippen LogP contribution is 2.22. The van der Waals surface area contributed by atoms with Gasteiger partial charge in [-0.2, -0.15) is 4.98 Å². The van der Waals surface area contributed by atoms with E-state index in [2.05, 4.69) is 9.97 Å². The summed E-state index contributed by atoms with van der Waals surface area (Å²) < 4.78 is 0. The molecule has 1 aromatic carbocycles. The van der Waals surface area contributed by atoms with Crippen LogP contribution in [0.4, 0.5) is 11.8 Å². The zero-order valence-corrected chi connectivity index (χ0v) is 10.4. The van der Waals surface area contributed by atoms with E-state index in [1.807, 2.05) is 43.3 Å². The number of benzene rings is 1. The summed E-state index contributed by atoms with van der Waals surface area (Å²) in [6.07, 6.45) is 0. The largest absolute Gasteiger partial charge is 0.384 e. The van der Waals surface area contributed by atoms with Crippen LogP contribution in [-0.2, 0) is 0 Å². The Balaban J connectivity index is 2.48. The summed E-state index contributed by atoms with van der Waals surface area (Å²) in [7, 11) is 3.75. The molecule has 0 fully saturated rings. The first-order valence-electron chi connectivity index (χ1n) is 5.14. The highest BCUT2D eigenvalue weighted by Gasteiger charge is 2.06. The van der Waals surface area contributed by atoms with Gasteiger partial charge in [0.1, 0.15) is 5.82 Å². The van der Waals surface area contributed by atoms with Crippen LogP contribution in [0.5, 0.6) is 0 Å². The Labute approximate surface area is 105 Å². The monoisotopic (exact) mass is 248 g/mol. The van der Waals surface area contributed by atoms with Gasteiger partial charge in [0.25, 0.3) is 0 Å². The lowest BCUT2D eigenvalue weighted by Crippen LogP contribution is -2.13. The van der Waals surface area contributed by atoms with Gasteiger partial charge in [-0.05, 0) is 12.1 Å². The molecule has 0 radical (unpaired) electrons. The molecule has 4 nitrogen and oxygen atoms in total. The molecular formula is C12H13ClN4. The van der Waals surface area contributed by atoms with Crippen LogP contribution in [0.1, 0.15) is 0 Å². The van der Waals surface area contributed by atoms with E-state index in [-0.39, 0.29) is 0 Å². The molecule has 17 heavy (non-hydrogen) atoms. The lowest BCUT2D eigenvalue weighted by Gasteiger charge is -2.12. The van der Waals surface area contributed by atoms with Crippen molar-refractivity contribution in [2.24, 2.45) is 0 Å². The predicted octanol–water partition coefficient (Wildman–Crippen LogP) is 2.45. The van der Waals surface area contributed by atoms with E-state index in [1.165, 1.54) is 0 Å². The number of aromatic nitrogens is 2. The second-order valence-electron chi connectivity index (χ2n) is 3.88. The number of hydrogen-bond acceptors (Lipinski definition) is 4. The topological polar surface area (TPSA) is 55.0 Å². The number of nitrogen functional groups attached to an aromatic ring is 1. The summed E-state index contributed by atoms with van der Waals surface area (Å²) in [6.45, 7) is 0. The van der Waals surface area contributed by atoms with Crippen molar-refractivity contribution in [3.63, 3.8) is 0 Å². The fourth-order valence-electron chi connectivity index (χ4n) is 1.42. The minimum Gasteiger partial charge on any atom is -0.384 e. The Morgan fingerprint density at radius 3 is 2.35 bits per heavy atom. The van der Waals surface area contributed by atoms with Crippen LogP contribution in [0.25, 0.3) is 11.3 Å². The Hall–Kier alpha value is -1.81. The first-order valence-corrected chi connectivity index (χ1v) is 5.52. The number of nitrogens with two attached hydrogens (primary N) is 1. The first-order chi connectivity index (χ1) is 8.06. The second-order valence-corrected chi connectivity index (χ2v) is 4.32. The van der Waals surface area contributed by atoms with Gasteiger partial charge >= 0.3 is 0 Å². The van der Waals surface area contributed by atoms with Crippen molar-refractivity contribution in [3.8, 4) is 11.3 Å². The summed E-state index contributed by atoms with van der Waals surface area (Å²) in [5.41, 5.74) is 7.51. The minimum absolute atomic E-state index is 0.452. The van der Waals surface area contributed by atoms with E-state index in [1.54, 1.807) is 6.07 Å².